The zero-order chi connectivity index (χ0) is 22.4. The highest BCUT2D eigenvalue weighted by Gasteiger charge is 2.64. The second kappa shape index (κ2) is 7.97. The van der Waals surface area contributed by atoms with Crippen molar-refractivity contribution >= 4 is 12.0 Å². The largest absolute Gasteiger partial charge is 0.445 e. The molecule has 168 valence electrons. The maximum absolute atomic E-state index is 13.6. The second-order valence-electron chi connectivity index (χ2n) is 10.2. The van der Waals surface area contributed by atoms with E-state index in [-0.39, 0.29) is 47.9 Å². The molecule has 1 heterocycles. The summed E-state index contributed by atoms with van der Waals surface area (Å²) in [4.78, 5) is 29.9. The van der Waals surface area contributed by atoms with Gasteiger partial charge in [0.05, 0.1) is 0 Å². The van der Waals surface area contributed by atoms with Gasteiger partial charge in [0.2, 0.25) is 0 Å². The number of carbonyl (C=O) groups is 2. The number of likely N-dealkylation sites (tertiary alicyclic amines) is 1. The molecule has 2 aliphatic carbocycles. The molecule has 1 aromatic carbocycles. The standard InChI is InChI=1S/C25H34N2O4/c1-5-14-31-23(29)27(24(2,3)4)21-19-15-26(16-20(19)21)22(28)25(30,18-12-9-13-18)17-10-7-6-8-11-17/h5-8,10-11,18-21,30H,1,9,12-16H2,2-4H3. The van der Waals surface area contributed by atoms with Crippen LogP contribution in [-0.4, -0.2) is 58.2 Å². The van der Waals surface area contributed by atoms with Gasteiger partial charge in [-0.2, -0.15) is 0 Å². The van der Waals surface area contributed by atoms with E-state index in [0.717, 1.165) is 19.3 Å². The molecule has 31 heavy (non-hydrogen) atoms. The number of fused-ring (bicyclic) bond motifs is 1. The van der Waals surface area contributed by atoms with Crippen molar-refractivity contribution in [3.63, 3.8) is 0 Å². The zero-order valence-electron chi connectivity index (χ0n) is 18.8. The Kier molecular flexibility index (Phi) is 5.63. The van der Waals surface area contributed by atoms with Gasteiger partial charge in [-0.05, 0) is 39.2 Å². The van der Waals surface area contributed by atoms with Crippen molar-refractivity contribution in [2.45, 2.75) is 57.2 Å². The molecular weight excluding hydrogens is 392 g/mol. The molecule has 0 spiro atoms. The van der Waals surface area contributed by atoms with E-state index in [9.17, 15) is 14.7 Å². The first kappa shape index (κ1) is 21.9. The van der Waals surface area contributed by atoms with Gasteiger partial charge in [0.1, 0.15) is 6.61 Å². The first-order chi connectivity index (χ1) is 14.7. The molecule has 2 amide bonds. The van der Waals surface area contributed by atoms with Gasteiger partial charge in [-0.25, -0.2) is 4.79 Å². The number of carbonyl (C=O) groups excluding carboxylic acids is 2. The van der Waals surface area contributed by atoms with E-state index in [1.165, 1.54) is 0 Å². The highest BCUT2D eigenvalue weighted by Crippen LogP contribution is 2.53. The average Bonchev–Trinajstić information content (AvgIpc) is 3.14. The summed E-state index contributed by atoms with van der Waals surface area (Å²) in [5.74, 6) is 0.225. The van der Waals surface area contributed by atoms with Gasteiger partial charge >= 0.3 is 6.09 Å². The topological polar surface area (TPSA) is 70.1 Å². The number of nitrogens with zero attached hydrogens (tertiary/aromatic N) is 2. The molecule has 0 aromatic heterocycles. The Hall–Kier alpha value is -2.34. The third-order valence-electron chi connectivity index (χ3n) is 7.21. The Balaban J connectivity index is 1.48. The molecule has 6 heteroatoms. The van der Waals surface area contributed by atoms with Crippen LogP contribution in [0.1, 0.15) is 45.6 Å². The lowest BCUT2D eigenvalue weighted by Gasteiger charge is -2.43. The molecule has 4 rings (SSSR count). The molecule has 1 aliphatic heterocycles. The molecular formula is C25H34N2O4. The predicted octanol–water partition coefficient (Wildman–Crippen LogP) is 3.55. The molecule has 6 nitrogen and oxygen atoms in total. The van der Waals surface area contributed by atoms with E-state index in [4.69, 9.17) is 4.74 Å². The quantitative estimate of drug-likeness (QED) is 0.706. The molecule has 3 unspecified atom stereocenters. The van der Waals surface area contributed by atoms with Crippen LogP contribution in [0.3, 0.4) is 0 Å². The SMILES string of the molecule is C=CCOC(=O)N(C1C2CN(C(=O)C(O)(c3ccccc3)C3CCC3)CC21)C(C)(C)C. The van der Waals surface area contributed by atoms with Crippen LogP contribution in [-0.2, 0) is 15.1 Å². The van der Waals surface area contributed by atoms with Crippen LogP contribution in [0.2, 0.25) is 0 Å². The number of aliphatic hydroxyl groups is 1. The number of piperidine rings is 1. The summed E-state index contributed by atoms with van der Waals surface area (Å²) in [6.45, 7) is 10.9. The van der Waals surface area contributed by atoms with E-state index < -0.39 is 5.60 Å². The minimum Gasteiger partial charge on any atom is -0.445 e. The molecule has 3 aliphatic rings. The molecule has 3 fully saturated rings. The average molecular weight is 427 g/mol. The number of rotatable bonds is 6. The molecule has 1 N–H and O–H groups in total. The van der Waals surface area contributed by atoms with Gasteiger partial charge in [-0.15, -0.1) is 0 Å². The molecule has 3 atom stereocenters. The number of hydrogen-bond donors (Lipinski definition) is 1. The van der Waals surface area contributed by atoms with Crippen molar-refractivity contribution in [2.24, 2.45) is 17.8 Å². The van der Waals surface area contributed by atoms with Crippen molar-refractivity contribution in [2.75, 3.05) is 19.7 Å². The first-order valence-electron chi connectivity index (χ1n) is 11.3. The summed E-state index contributed by atoms with van der Waals surface area (Å²) in [7, 11) is 0. The summed E-state index contributed by atoms with van der Waals surface area (Å²) in [5, 5.41) is 11.6. The van der Waals surface area contributed by atoms with Crippen LogP contribution < -0.4 is 0 Å². The van der Waals surface area contributed by atoms with Crippen LogP contribution in [0.5, 0.6) is 0 Å². The Morgan fingerprint density at radius 1 is 1.19 bits per heavy atom. The number of ether oxygens (including phenoxy) is 1. The summed E-state index contributed by atoms with van der Waals surface area (Å²) in [5.41, 5.74) is -1.15. The molecule has 0 radical (unpaired) electrons. The minimum absolute atomic E-state index is 0.0323. The van der Waals surface area contributed by atoms with Gasteiger partial charge in [0, 0.05) is 42.4 Å². The second-order valence-corrected chi connectivity index (χ2v) is 10.2. The van der Waals surface area contributed by atoms with Gasteiger partial charge in [-0.3, -0.25) is 9.69 Å². The monoisotopic (exact) mass is 426 g/mol. The summed E-state index contributed by atoms with van der Waals surface area (Å²) in [6, 6.07) is 9.42. The van der Waals surface area contributed by atoms with Gasteiger partial charge < -0.3 is 14.7 Å². The Labute approximate surface area is 184 Å². The minimum atomic E-state index is -1.46. The van der Waals surface area contributed by atoms with Crippen molar-refractivity contribution in [1.29, 1.82) is 0 Å². The molecule has 1 saturated heterocycles. The van der Waals surface area contributed by atoms with Crippen molar-refractivity contribution < 1.29 is 19.4 Å². The molecule has 2 saturated carbocycles. The highest BCUT2D eigenvalue weighted by molar-refractivity contribution is 5.87. The first-order valence-corrected chi connectivity index (χ1v) is 11.3. The highest BCUT2D eigenvalue weighted by atomic mass is 16.6. The van der Waals surface area contributed by atoms with Crippen LogP contribution in [0.4, 0.5) is 4.79 Å². The van der Waals surface area contributed by atoms with Crippen LogP contribution in [0.15, 0.2) is 43.0 Å². The molecule has 1 aromatic rings. The summed E-state index contributed by atoms with van der Waals surface area (Å²) in [6.07, 6.45) is 4.02. The maximum atomic E-state index is 13.6. The van der Waals surface area contributed by atoms with E-state index in [1.807, 2.05) is 60.9 Å². The Morgan fingerprint density at radius 3 is 2.29 bits per heavy atom. The molecule has 0 bridgehead atoms. The van der Waals surface area contributed by atoms with Crippen molar-refractivity contribution in [3.05, 3.63) is 48.6 Å². The van der Waals surface area contributed by atoms with E-state index in [0.29, 0.717) is 18.7 Å². The lowest BCUT2D eigenvalue weighted by Crippen LogP contribution is -2.55. The Bertz CT molecular complexity index is 833. The summed E-state index contributed by atoms with van der Waals surface area (Å²) >= 11 is 0. The maximum Gasteiger partial charge on any atom is 0.410 e. The third-order valence-corrected chi connectivity index (χ3v) is 7.21. The number of benzene rings is 1. The van der Waals surface area contributed by atoms with Crippen LogP contribution in [0, 0.1) is 17.8 Å². The summed E-state index contributed by atoms with van der Waals surface area (Å²) < 4.78 is 5.33. The van der Waals surface area contributed by atoms with Gasteiger partial charge in [0.15, 0.2) is 5.60 Å². The van der Waals surface area contributed by atoms with E-state index in [1.54, 1.807) is 6.08 Å². The number of hydrogen-bond acceptors (Lipinski definition) is 4. The fraction of sp³-hybridized carbons (Fsp3) is 0.600. The zero-order valence-corrected chi connectivity index (χ0v) is 18.8. The van der Waals surface area contributed by atoms with E-state index in [2.05, 4.69) is 6.58 Å². The van der Waals surface area contributed by atoms with Crippen LogP contribution >= 0.6 is 0 Å². The van der Waals surface area contributed by atoms with Gasteiger partial charge in [0.25, 0.3) is 5.91 Å². The van der Waals surface area contributed by atoms with Crippen molar-refractivity contribution in [3.8, 4) is 0 Å². The Morgan fingerprint density at radius 2 is 1.81 bits per heavy atom. The normalized spacial score (nSPS) is 27.0. The third kappa shape index (κ3) is 3.75. The lowest BCUT2D eigenvalue weighted by atomic mass is 9.69. The lowest BCUT2D eigenvalue weighted by molar-refractivity contribution is -0.163. The smallest absolute Gasteiger partial charge is 0.410 e. The predicted molar refractivity (Wildman–Crippen MR) is 118 cm³/mol. The van der Waals surface area contributed by atoms with E-state index >= 15 is 0 Å². The number of amides is 2. The van der Waals surface area contributed by atoms with Crippen LogP contribution in [0.25, 0.3) is 0 Å². The van der Waals surface area contributed by atoms with Gasteiger partial charge in [-0.1, -0.05) is 49.4 Å². The fourth-order valence-electron chi connectivity index (χ4n) is 5.38. The fourth-order valence-corrected chi connectivity index (χ4v) is 5.38. The van der Waals surface area contributed by atoms with Crippen molar-refractivity contribution in [1.82, 2.24) is 9.80 Å².